The Bertz CT molecular complexity index is 1220. The number of sulfone groups is 1. The summed E-state index contributed by atoms with van der Waals surface area (Å²) in [6, 6.07) is 11.0. The van der Waals surface area contributed by atoms with Crippen molar-refractivity contribution in [3.05, 3.63) is 70.4 Å². The number of aryl methyl sites for hydroxylation is 1. The lowest BCUT2D eigenvalue weighted by Gasteiger charge is -2.39. The molecule has 0 atom stereocenters. The first kappa shape index (κ1) is 22.3. The van der Waals surface area contributed by atoms with Crippen LogP contribution in [-0.2, 0) is 14.6 Å². The van der Waals surface area contributed by atoms with Gasteiger partial charge in [-0.2, -0.15) is 0 Å². The number of Topliss-reactive ketones (excluding diaryl/α,β-unsaturated/α-hetero) is 1. The highest BCUT2D eigenvalue weighted by atomic mass is 35.5. The number of hydrogen-bond donors (Lipinski definition) is 1. The number of allylic oxidation sites excluding steroid dienone is 1. The van der Waals surface area contributed by atoms with Crippen LogP contribution >= 0.6 is 11.6 Å². The molecule has 0 amide bonds. The topological polar surface area (TPSA) is 71.4 Å². The third-order valence-corrected chi connectivity index (χ3v) is 9.28. The third-order valence-electron chi connectivity index (χ3n) is 5.98. The largest absolute Gasteiger partial charge is 0.510 e. The Morgan fingerprint density at radius 1 is 1.00 bits per heavy atom. The molecule has 0 radical (unpaired) electrons. The van der Waals surface area contributed by atoms with Crippen molar-refractivity contribution in [2.45, 2.75) is 44.1 Å². The quantitative estimate of drug-likeness (QED) is 0.651. The van der Waals surface area contributed by atoms with Gasteiger partial charge in [-0.1, -0.05) is 42.5 Å². The minimum absolute atomic E-state index is 0.0493. The predicted octanol–water partition coefficient (Wildman–Crippen LogP) is 5.78. The Kier molecular flexibility index (Phi) is 5.28. The fourth-order valence-corrected chi connectivity index (χ4v) is 6.03. The molecule has 0 bridgehead atoms. The molecular formula is C24H25ClO4S. The van der Waals surface area contributed by atoms with Crippen LogP contribution in [0, 0.1) is 6.92 Å². The van der Waals surface area contributed by atoms with Gasteiger partial charge in [0.25, 0.3) is 0 Å². The van der Waals surface area contributed by atoms with Crippen LogP contribution in [0.25, 0.3) is 22.8 Å². The number of ketones is 1. The third kappa shape index (κ3) is 3.03. The van der Waals surface area contributed by atoms with Crippen LogP contribution in [0.5, 0.6) is 0 Å². The fourth-order valence-electron chi connectivity index (χ4n) is 3.87. The van der Waals surface area contributed by atoms with E-state index in [9.17, 15) is 18.3 Å². The van der Waals surface area contributed by atoms with Gasteiger partial charge in [0.15, 0.2) is 15.6 Å². The Morgan fingerprint density at radius 2 is 1.63 bits per heavy atom. The fraction of sp³-hybridized carbons (Fsp3) is 0.292. The van der Waals surface area contributed by atoms with Crippen molar-refractivity contribution in [1.29, 1.82) is 0 Å². The molecular weight excluding hydrogens is 420 g/mol. The summed E-state index contributed by atoms with van der Waals surface area (Å²) in [5.74, 6) is -1.04. The van der Waals surface area contributed by atoms with E-state index in [0.29, 0.717) is 10.6 Å². The van der Waals surface area contributed by atoms with Crippen LogP contribution in [0.3, 0.4) is 0 Å². The van der Waals surface area contributed by atoms with Crippen LogP contribution < -0.4 is 0 Å². The Hall–Kier alpha value is -2.37. The highest BCUT2D eigenvalue weighted by Crippen LogP contribution is 2.46. The van der Waals surface area contributed by atoms with Crippen molar-refractivity contribution in [3.8, 4) is 11.1 Å². The second-order valence-corrected chi connectivity index (χ2v) is 12.0. The molecule has 4 nitrogen and oxygen atoms in total. The van der Waals surface area contributed by atoms with E-state index in [0.717, 1.165) is 22.3 Å². The molecule has 1 aliphatic heterocycles. The van der Waals surface area contributed by atoms with Gasteiger partial charge >= 0.3 is 0 Å². The molecule has 0 saturated carbocycles. The molecule has 0 aliphatic carbocycles. The average molecular weight is 445 g/mol. The molecule has 6 heteroatoms. The number of aliphatic hydroxyl groups is 1. The molecule has 0 spiro atoms. The maximum atomic E-state index is 13.3. The van der Waals surface area contributed by atoms with E-state index in [1.165, 1.54) is 27.7 Å². The van der Waals surface area contributed by atoms with Gasteiger partial charge < -0.3 is 5.11 Å². The summed E-state index contributed by atoms with van der Waals surface area (Å²) in [4.78, 5) is 13.3. The van der Waals surface area contributed by atoms with Gasteiger partial charge in [0.2, 0.25) is 0 Å². The SMILES string of the molecule is C=Cc1cc(Cl)ccc1-c1ccc(C)c(C2=C(O)C(C)(C)S(=O)(=O)C(C)(C)C2=O)c1. The minimum Gasteiger partial charge on any atom is -0.510 e. The Balaban J connectivity index is 2.33. The van der Waals surface area contributed by atoms with Crippen molar-refractivity contribution in [2.75, 3.05) is 0 Å². The van der Waals surface area contributed by atoms with Crippen LogP contribution in [0.4, 0.5) is 0 Å². The molecule has 1 heterocycles. The van der Waals surface area contributed by atoms with Crippen LogP contribution in [0.1, 0.15) is 44.4 Å². The highest BCUT2D eigenvalue weighted by Gasteiger charge is 2.58. The summed E-state index contributed by atoms with van der Waals surface area (Å²) < 4.78 is 22.8. The number of aliphatic hydroxyl groups excluding tert-OH is 1. The van der Waals surface area contributed by atoms with E-state index in [2.05, 4.69) is 6.58 Å². The zero-order chi connectivity index (χ0) is 22.6. The maximum absolute atomic E-state index is 13.3. The van der Waals surface area contributed by atoms with Crippen molar-refractivity contribution < 1.29 is 18.3 Å². The smallest absolute Gasteiger partial charge is 0.187 e. The summed E-state index contributed by atoms with van der Waals surface area (Å²) in [6.45, 7) is 11.3. The molecule has 0 aromatic heterocycles. The molecule has 30 heavy (non-hydrogen) atoms. The van der Waals surface area contributed by atoms with Gasteiger partial charge in [0.05, 0.1) is 5.57 Å². The maximum Gasteiger partial charge on any atom is 0.187 e. The lowest BCUT2D eigenvalue weighted by atomic mass is 9.85. The number of carbonyl (C=O) groups is 1. The zero-order valence-corrected chi connectivity index (χ0v) is 19.3. The van der Waals surface area contributed by atoms with Crippen molar-refractivity contribution >= 4 is 38.9 Å². The number of benzene rings is 2. The first-order chi connectivity index (χ1) is 13.8. The van der Waals surface area contributed by atoms with Gasteiger partial charge in [-0.15, -0.1) is 0 Å². The molecule has 0 saturated heterocycles. The minimum atomic E-state index is -3.95. The predicted molar refractivity (Wildman–Crippen MR) is 123 cm³/mol. The molecule has 2 aromatic carbocycles. The Morgan fingerprint density at radius 3 is 2.23 bits per heavy atom. The monoisotopic (exact) mass is 444 g/mol. The summed E-state index contributed by atoms with van der Waals surface area (Å²) in [6.07, 6.45) is 1.70. The van der Waals surface area contributed by atoms with E-state index < -0.39 is 30.9 Å². The Labute approximate surface area is 182 Å². The number of hydrogen-bond acceptors (Lipinski definition) is 4. The average Bonchev–Trinajstić information content (AvgIpc) is 2.68. The van der Waals surface area contributed by atoms with Gasteiger partial charge in [-0.05, 0) is 80.6 Å². The summed E-state index contributed by atoms with van der Waals surface area (Å²) in [7, 11) is -3.95. The zero-order valence-electron chi connectivity index (χ0n) is 17.7. The second kappa shape index (κ2) is 7.10. The summed E-state index contributed by atoms with van der Waals surface area (Å²) in [5, 5.41) is 11.5. The summed E-state index contributed by atoms with van der Waals surface area (Å²) in [5.41, 5.74) is 3.82. The molecule has 3 rings (SSSR count). The molecule has 1 N–H and O–H groups in total. The number of carbonyl (C=O) groups excluding carboxylic acids is 1. The van der Waals surface area contributed by atoms with Crippen LogP contribution in [0.2, 0.25) is 5.02 Å². The van der Waals surface area contributed by atoms with Gasteiger partial charge in [-0.3, -0.25) is 4.79 Å². The van der Waals surface area contributed by atoms with Crippen LogP contribution in [0.15, 0.2) is 48.7 Å². The molecule has 0 unspecified atom stereocenters. The van der Waals surface area contributed by atoms with Gasteiger partial charge in [0, 0.05) is 5.02 Å². The lowest BCUT2D eigenvalue weighted by Crippen LogP contribution is -2.55. The van der Waals surface area contributed by atoms with E-state index in [4.69, 9.17) is 11.6 Å². The standard InChI is InChI=1S/C24H25ClO4S/c1-7-15-12-17(25)10-11-18(15)16-9-8-14(2)19(13-16)20-21(26)23(3,4)30(28,29)24(5,6)22(20)27/h7-13,26H,1H2,2-6H3. The van der Waals surface area contributed by atoms with E-state index in [-0.39, 0.29) is 5.57 Å². The number of halogens is 1. The first-order valence-electron chi connectivity index (χ1n) is 9.53. The molecule has 2 aromatic rings. The van der Waals surface area contributed by atoms with Gasteiger partial charge in [-0.25, -0.2) is 8.42 Å². The lowest BCUT2D eigenvalue weighted by molar-refractivity contribution is -0.115. The molecule has 0 fully saturated rings. The first-order valence-corrected chi connectivity index (χ1v) is 11.4. The molecule has 1 aliphatic rings. The van der Waals surface area contributed by atoms with Crippen LogP contribution in [-0.4, -0.2) is 28.8 Å². The normalized spacial score (nSPS) is 19.6. The van der Waals surface area contributed by atoms with Crippen molar-refractivity contribution in [1.82, 2.24) is 0 Å². The summed E-state index contributed by atoms with van der Waals surface area (Å²) >= 11 is 6.10. The van der Waals surface area contributed by atoms with E-state index in [1.807, 2.05) is 25.1 Å². The van der Waals surface area contributed by atoms with Crippen molar-refractivity contribution in [2.24, 2.45) is 0 Å². The number of rotatable bonds is 3. The van der Waals surface area contributed by atoms with Crippen molar-refractivity contribution in [3.63, 3.8) is 0 Å². The second-order valence-electron chi connectivity index (χ2n) is 8.54. The van der Waals surface area contributed by atoms with E-state index >= 15 is 0 Å². The highest BCUT2D eigenvalue weighted by molar-refractivity contribution is 7.95. The van der Waals surface area contributed by atoms with E-state index in [1.54, 1.807) is 24.3 Å². The molecule has 158 valence electrons. The van der Waals surface area contributed by atoms with Gasteiger partial charge in [0.1, 0.15) is 15.3 Å².